The van der Waals surface area contributed by atoms with Crippen LogP contribution in [0.1, 0.15) is 32.1 Å². The summed E-state index contributed by atoms with van der Waals surface area (Å²) in [7, 11) is 0. The molecule has 1 nitrogen and oxygen atoms in total. The van der Waals surface area contributed by atoms with Crippen molar-refractivity contribution in [3.05, 3.63) is 6.42 Å². The van der Waals surface area contributed by atoms with Gasteiger partial charge in [0, 0.05) is 5.54 Å². The van der Waals surface area contributed by atoms with Crippen LogP contribution in [-0.4, -0.2) is 5.54 Å². The molecule has 0 aromatic carbocycles. The summed E-state index contributed by atoms with van der Waals surface area (Å²) in [5.41, 5.74) is 6.52. The van der Waals surface area contributed by atoms with Crippen LogP contribution in [0.4, 0.5) is 0 Å². The molecule has 2 N–H and O–H groups in total. The molecule has 4 fully saturated rings. The predicted octanol–water partition coefficient (Wildman–Crippen LogP) is 1.61. The Bertz CT molecular complexity index is 150. The Morgan fingerprint density at radius 3 is 2.18 bits per heavy atom. The topological polar surface area (TPSA) is 26.0 Å². The predicted molar refractivity (Wildman–Crippen MR) is 43.7 cm³/mol. The zero-order valence-electron chi connectivity index (χ0n) is 6.84. The van der Waals surface area contributed by atoms with E-state index >= 15 is 0 Å². The molecule has 1 heteroatoms. The van der Waals surface area contributed by atoms with Gasteiger partial charge in [-0.2, -0.15) is 0 Å². The monoisotopic (exact) mass is 149 g/mol. The largest absolute Gasteiger partial charge is 0.325 e. The molecule has 2 radical (unpaired) electrons. The van der Waals surface area contributed by atoms with Gasteiger partial charge < -0.3 is 5.73 Å². The van der Waals surface area contributed by atoms with E-state index in [-0.39, 0.29) is 5.54 Å². The summed E-state index contributed by atoms with van der Waals surface area (Å²) in [6, 6.07) is 0. The highest BCUT2D eigenvalue weighted by Gasteiger charge is 2.49. The molecule has 4 aliphatic rings. The fourth-order valence-electron chi connectivity index (χ4n) is 3.63. The van der Waals surface area contributed by atoms with E-state index in [1.54, 1.807) is 0 Å². The summed E-state index contributed by atoms with van der Waals surface area (Å²) in [4.78, 5) is 0. The van der Waals surface area contributed by atoms with Crippen LogP contribution in [0.3, 0.4) is 0 Å². The molecule has 0 aromatic heterocycles. The van der Waals surface area contributed by atoms with Crippen LogP contribution in [0.25, 0.3) is 0 Å². The zero-order chi connectivity index (χ0) is 7.47. The van der Waals surface area contributed by atoms with Gasteiger partial charge in [0.1, 0.15) is 0 Å². The second-order valence-corrected chi connectivity index (χ2v) is 4.87. The van der Waals surface area contributed by atoms with Crippen LogP contribution in [0, 0.1) is 24.2 Å². The van der Waals surface area contributed by atoms with Gasteiger partial charge in [-0.25, -0.2) is 0 Å². The van der Waals surface area contributed by atoms with Gasteiger partial charge in [-0.05, 0) is 56.3 Å². The van der Waals surface area contributed by atoms with E-state index in [0.717, 1.165) is 17.8 Å². The third-order valence-electron chi connectivity index (χ3n) is 3.71. The molecule has 0 saturated heterocycles. The molecule has 4 atom stereocenters. The Labute approximate surface area is 68.3 Å². The average Bonchev–Trinajstić information content (AvgIpc) is 1.79. The normalized spacial score (nSPS) is 60.3. The lowest BCUT2D eigenvalue weighted by Crippen LogP contribution is -2.56. The van der Waals surface area contributed by atoms with Crippen molar-refractivity contribution in [2.45, 2.75) is 37.6 Å². The molecule has 11 heavy (non-hydrogen) atoms. The zero-order valence-corrected chi connectivity index (χ0v) is 6.84. The molecule has 4 rings (SSSR count). The van der Waals surface area contributed by atoms with Crippen molar-refractivity contribution in [2.24, 2.45) is 23.5 Å². The van der Waals surface area contributed by atoms with Crippen LogP contribution in [0.15, 0.2) is 0 Å². The Kier molecular flexibility index (Phi) is 1.07. The third-order valence-corrected chi connectivity index (χ3v) is 3.71. The lowest BCUT2D eigenvalue weighted by Gasteiger charge is -2.54. The van der Waals surface area contributed by atoms with Gasteiger partial charge in [-0.15, -0.1) is 0 Å². The van der Waals surface area contributed by atoms with E-state index in [4.69, 9.17) is 5.73 Å². The van der Waals surface area contributed by atoms with Crippen molar-refractivity contribution in [2.75, 3.05) is 0 Å². The van der Waals surface area contributed by atoms with Gasteiger partial charge in [0.2, 0.25) is 0 Å². The van der Waals surface area contributed by atoms with Crippen LogP contribution >= 0.6 is 0 Å². The van der Waals surface area contributed by atoms with Crippen LogP contribution in [0.2, 0.25) is 0 Å². The molecule has 4 aliphatic carbocycles. The fraction of sp³-hybridized carbons (Fsp3) is 0.900. The number of hydrogen-bond acceptors (Lipinski definition) is 1. The molecule has 2 unspecified atom stereocenters. The van der Waals surface area contributed by atoms with E-state index in [0.29, 0.717) is 0 Å². The van der Waals surface area contributed by atoms with Crippen molar-refractivity contribution in [1.29, 1.82) is 0 Å². The molecule has 0 spiro atoms. The van der Waals surface area contributed by atoms with Gasteiger partial charge in [-0.1, -0.05) is 0 Å². The molecular weight excluding hydrogens is 134 g/mol. The van der Waals surface area contributed by atoms with Crippen LogP contribution in [0.5, 0.6) is 0 Å². The Balaban J connectivity index is 1.94. The molecule has 0 aliphatic heterocycles. The van der Waals surface area contributed by atoms with Crippen molar-refractivity contribution in [3.8, 4) is 0 Å². The first-order valence-electron chi connectivity index (χ1n) is 4.78. The van der Waals surface area contributed by atoms with E-state index in [9.17, 15) is 0 Å². The first-order valence-corrected chi connectivity index (χ1v) is 4.78. The number of rotatable bonds is 0. The van der Waals surface area contributed by atoms with Gasteiger partial charge in [0.05, 0.1) is 0 Å². The van der Waals surface area contributed by atoms with Crippen molar-refractivity contribution in [3.63, 3.8) is 0 Å². The Hall–Kier alpha value is -0.0400. The molecule has 0 heterocycles. The standard InChI is InChI=1S/C10H15N/c11-10-4-7-1-8(5-10)3-9(2-7)6-10/h7-9H,1-2,4-6,11H2/t7?,8-,9+,10?. The van der Waals surface area contributed by atoms with Crippen molar-refractivity contribution >= 4 is 0 Å². The van der Waals surface area contributed by atoms with Crippen molar-refractivity contribution in [1.82, 2.24) is 0 Å². The Morgan fingerprint density at radius 2 is 1.73 bits per heavy atom. The molecule has 0 amide bonds. The van der Waals surface area contributed by atoms with Gasteiger partial charge in [-0.3, -0.25) is 0 Å². The minimum atomic E-state index is 0.238. The molecular formula is C10H15N. The summed E-state index contributed by atoms with van der Waals surface area (Å²) in [6.07, 6.45) is 10.2. The van der Waals surface area contributed by atoms with Crippen molar-refractivity contribution < 1.29 is 0 Å². The fourth-order valence-corrected chi connectivity index (χ4v) is 3.63. The second kappa shape index (κ2) is 1.82. The molecule has 60 valence electrons. The molecule has 0 aromatic rings. The highest BCUT2D eigenvalue weighted by atomic mass is 14.8. The Morgan fingerprint density at radius 1 is 1.09 bits per heavy atom. The maximum absolute atomic E-state index is 6.28. The quantitative estimate of drug-likeness (QED) is 0.556. The van der Waals surface area contributed by atoms with E-state index in [1.807, 2.05) is 0 Å². The smallest absolute Gasteiger partial charge is 0.0162 e. The van der Waals surface area contributed by atoms with Gasteiger partial charge in [0.25, 0.3) is 0 Å². The van der Waals surface area contributed by atoms with E-state index in [1.165, 1.54) is 32.1 Å². The van der Waals surface area contributed by atoms with E-state index < -0.39 is 0 Å². The minimum absolute atomic E-state index is 0.238. The summed E-state index contributed by atoms with van der Waals surface area (Å²) >= 11 is 0. The van der Waals surface area contributed by atoms with Gasteiger partial charge in [0.15, 0.2) is 0 Å². The van der Waals surface area contributed by atoms with Crippen LogP contribution in [-0.2, 0) is 0 Å². The first-order chi connectivity index (χ1) is 5.23. The highest BCUT2D eigenvalue weighted by Crippen LogP contribution is 2.53. The summed E-state index contributed by atoms with van der Waals surface area (Å²) < 4.78 is 0. The highest BCUT2D eigenvalue weighted by molar-refractivity contribution is 5.10. The average molecular weight is 149 g/mol. The summed E-state index contributed by atoms with van der Waals surface area (Å²) in [5.74, 6) is 2.50. The second-order valence-electron chi connectivity index (χ2n) is 4.87. The molecule has 4 saturated carbocycles. The lowest BCUT2D eigenvalue weighted by molar-refractivity contribution is 0.0416. The number of hydrogen-bond donors (Lipinski definition) is 1. The summed E-state index contributed by atoms with van der Waals surface area (Å²) in [5, 5.41) is 0. The molecule has 4 bridgehead atoms. The maximum Gasteiger partial charge on any atom is 0.0162 e. The van der Waals surface area contributed by atoms with E-state index in [2.05, 4.69) is 6.42 Å². The SMILES string of the molecule is NC12CC3C[C@@H]([C][C@@H](C3)C1)C2. The summed E-state index contributed by atoms with van der Waals surface area (Å²) in [6.45, 7) is 0. The third kappa shape index (κ3) is 0.868. The van der Waals surface area contributed by atoms with Gasteiger partial charge >= 0.3 is 0 Å². The minimum Gasteiger partial charge on any atom is -0.325 e. The van der Waals surface area contributed by atoms with Crippen LogP contribution < -0.4 is 5.73 Å². The lowest BCUT2D eigenvalue weighted by atomic mass is 9.53. The maximum atomic E-state index is 6.28. The first kappa shape index (κ1) is 6.47. The number of nitrogens with two attached hydrogens (primary N) is 1.